The molecule has 96 valence electrons. The molecule has 0 unspecified atom stereocenters. The number of benzene rings is 2. The van der Waals surface area contributed by atoms with Crippen LogP contribution in [0, 0.1) is 0 Å². The first kappa shape index (κ1) is 13.8. The number of aliphatic carboxylic acids is 1. The maximum Gasteiger partial charge on any atom is 0.336 e. The molecule has 0 saturated carbocycles. The van der Waals surface area contributed by atoms with Gasteiger partial charge in [0.25, 0.3) is 0 Å². The quantitative estimate of drug-likeness (QED) is 0.649. The molecule has 0 saturated heterocycles. The predicted molar refractivity (Wildman–Crippen MR) is 81.1 cm³/mol. The summed E-state index contributed by atoms with van der Waals surface area (Å²) in [5.74, 6) is -0.974. The Bertz CT molecular complexity index is 636. The lowest BCUT2D eigenvalue weighted by molar-refractivity contribution is -0.130. The van der Waals surface area contributed by atoms with E-state index in [1.165, 1.54) is 0 Å². The second-order valence-electron chi connectivity index (χ2n) is 3.90. The van der Waals surface area contributed by atoms with Crippen LogP contribution in [0.2, 0.25) is 5.02 Å². The summed E-state index contributed by atoms with van der Waals surface area (Å²) in [6.45, 7) is 0. The molecule has 0 amide bonds. The highest BCUT2D eigenvalue weighted by molar-refractivity contribution is 9.10. The van der Waals surface area contributed by atoms with Gasteiger partial charge in [0.05, 0.1) is 5.57 Å². The molecule has 0 aromatic heterocycles. The molecule has 0 atom stereocenters. The number of carboxylic acid groups (broad SMARTS) is 1. The molecule has 0 fully saturated rings. The first-order valence-corrected chi connectivity index (χ1v) is 6.70. The molecule has 19 heavy (non-hydrogen) atoms. The molecule has 0 heterocycles. The van der Waals surface area contributed by atoms with Gasteiger partial charge in [-0.2, -0.15) is 0 Å². The van der Waals surface area contributed by atoms with Gasteiger partial charge in [0, 0.05) is 9.50 Å². The van der Waals surface area contributed by atoms with E-state index in [2.05, 4.69) is 15.9 Å². The lowest BCUT2D eigenvalue weighted by Gasteiger charge is -2.05. The highest BCUT2D eigenvalue weighted by Gasteiger charge is 2.11. The highest BCUT2D eigenvalue weighted by atomic mass is 79.9. The first-order valence-electron chi connectivity index (χ1n) is 5.53. The first-order chi connectivity index (χ1) is 9.08. The van der Waals surface area contributed by atoms with E-state index in [1.807, 2.05) is 6.07 Å². The van der Waals surface area contributed by atoms with Crippen LogP contribution in [0.1, 0.15) is 11.1 Å². The molecule has 2 rings (SSSR count). The van der Waals surface area contributed by atoms with Crippen molar-refractivity contribution < 1.29 is 9.90 Å². The van der Waals surface area contributed by atoms with Crippen molar-refractivity contribution in [1.29, 1.82) is 0 Å². The number of rotatable bonds is 3. The van der Waals surface area contributed by atoms with Crippen LogP contribution in [0.25, 0.3) is 11.6 Å². The van der Waals surface area contributed by atoms with Crippen LogP contribution >= 0.6 is 27.5 Å². The SMILES string of the molecule is O=C(O)C(=Cc1cc(Cl)ccc1Br)c1ccccc1. The van der Waals surface area contributed by atoms with Gasteiger partial charge in [0.2, 0.25) is 0 Å². The minimum absolute atomic E-state index is 0.226. The van der Waals surface area contributed by atoms with Crippen LogP contribution in [0.5, 0.6) is 0 Å². The Labute approximate surface area is 124 Å². The van der Waals surface area contributed by atoms with Crippen LogP contribution in [0.15, 0.2) is 53.0 Å². The lowest BCUT2D eigenvalue weighted by Crippen LogP contribution is -1.99. The van der Waals surface area contributed by atoms with E-state index in [1.54, 1.807) is 48.5 Å². The number of carbonyl (C=O) groups is 1. The summed E-state index contributed by atoms with van der Waals surface area (Å²) in [6.07, 6.45) is 1.60. The van der Waals surface area contributed by atoms with Crippen molar-refractivity contribution in [3.63, 3.8) is 0 Å². The van der Waals surface area contributed by atoms with Crippen molar-refractivity contribution in [2.45, 2.75) is 0 Å². The maximum absolute atomic E-state index is 11.4. The van der Waals surface area contributed by atoms with Gasteiger partial charge in [-0.15, -0.1) is 0 Å². The molecule has 0 aliphatic heterocycles. The molecule has 4 heteroatoms. The zero-order valence-corrected chi connectivity index (χ0v) is 12.1. The van der Waals surface area contributed by atoms with Gasteiger partial charge in [0.1, 0.15) is 0 Å². The summed E-state index contributed by atoms with van der Waals surface area (Å²) < 4.78 is 0.798. The van der Waals surface area contributed by atoms with Crippen molar-refractivity contribution >= 4 is 45.1 Å². The van der Waals surface area contributed by atoms with Crippen molar-refractivity contribution in [2.75, 3.05) is 0 Å². The molecule has 0 radical (unpaired) electrons. The molecule has 0 spiro atoms. The molecule has 2 nitrogen and oxygen atoms in total. The summed E-state index contributed by atoms with van der Waals surface area (Å²) in [6, 6.07) is 14.2. The number of halogens is 2. The summed E-state index contributed by atoms with van der Waals surface area (Å²) >= 11 is 9.31. The minimum atomic E-state index is -0.974. The van der Waals surface area contributed by atoms with Crippen LogP contribution in [0.4, 0.5) is 0 Å². The zero-order valence-electron chi connectivity index (χ0n) is 9.81. The van der Waals surface area contributed by atoms with E-state index >= 15 is 0 Å². The van der Waals surface area contributed by atoms with Crippen molar-refractivity contribution in [1.82, 2.24) is 0 Å². The second kappa shape index (κ2) is 6.04. The number of hydrogen-bond donors (Lipinski definition) is 1. The minimum Gasteiger partial charge on any atom is -0.478 e. The van der Waals surface area contributed by atoms with E-state index in [0.29, 0.717) is 10.6 Å². The smallest absolute Gasteiger partial charge is 0.336 e. The summed E-state index contributed by atoms with van der Waals surface area (Å²) in [5.41, 5.74) is 1.61. The summed E-state index contributed by atoms with van der Waals surface area (Å²) in [7, 11) is 0. The Morgan fingerprint density at radius 3 is 2.47 bits per heavy atom. The normalized spacial score (nSPS) is 11.4. The number of carboxylic acids is 1. The molecule has 1 N–H and O–H groups in total. The Morgan fingerprint density at radius 1 is 1.16 bits per heavy atom. The number of hydrogen-bond acceptors (Lipinski definition) is 1. The fourth-order valence-corrected chi connectivity index (χ4v) is 2.21. The van der Waals surface area contributed by atoms with Crippen LogP contribution in [-0.4, -0.2) is 11.1 Å². The molecular weight excluding hydrogens is 328 g/mol. The van der Waals surface area contributed by atoms with Gasteiger partial charge in [-0.3, -0.25) is 0 Å². The van der Waals surface area contributed by atoms with Gasteiger partial charge in [-0.1, -0.05) is 57.9 Å². The molecule has 0 bridgehead atoms. The Hall–Kier alpha value is -1.58. The van der Waals surface area contributed by atoms with Crippen molar-refractivity contribution in [3.8, 4) is 0 Å². The van der Waals surface area contributed by atoms with E-state index in [-0.39, 0.29) is 5.57 Å². The topological polar surface area (TPSA) is 37.3 Å². The molecule has 2 aromatic carbocycles. The average molecular weight is 338 g/mol. The monoisotopic (exact) mass is 336 g/mol. The molecular formula is C15H10BrClO2. The van der Waals surface area contributed by atoms with Gasteiger partial charge < -0.3 is 5.11 Å². The van der Waals surface area contributed by atoms with E-state index in [4.69, 9.17) is 11.6 Å². The second-order valence-corrected chi connectivity index (χ2v) is 5.19. The fourth-order valence-electron chi connectivity index (χ4n) is 1.67. The van der Waals surface area contributed by atoms with Gasteiger partial charge in [-0.05, 0) is 35.4 Å². The third-order valence-corrected chi connectivity index (χ3v) is 3.53. The summed E-state index contributed by atoms with van der Waals surface area (Å²) in [5, 5.41) is 9.89. The van der Waals surface area contributed by atoms with E-state index in [0.717, 1.165) is 10.0 Å². The molecule has 0 aliphatic carbocycles. The molecule has 2 aromatic rings. The van der Waals surface area contributed by atoms with Gasteiger partial charge in [-0.25, -0.2) is 4.79 Å². The maximum atomic E-state index is 11.4. The Balaban J connectivity index is 2.54. The Morgan fingerprint density at radius 2 is 1.84 bits per heavy atom. The average Bonchev–Trinajstić information content (AvgIpc) is 2.40. The van der Waals surface area contributed by atoms with Crippen molar-refractivity contribution in [2.24, 2.45) is 0 Å². The van der Waals surface area contributed by atoms with Crippen molar-refractivity contribution in [3.05, 3.63) is 69.2 Å². The zero-order chi connectivity index (χ0) is 13.8. The van der Waals surface area contributed by atoms with Gasteiger partial charge in [0.15, 0.2) is 0 Å². The van der Waals surface area contributed by atoms with E-state index < -0.39 is 5.97 Å². The predicted octanol–water partition coefficient (Wildman–Crippen LogP) is 4.73. The van der Waals surface area contributed by atoms with E-state index in [9.17, 15) is 9.90 Å². The standard InChI is InChI=1S/C15H10BrClO2/c16-14-7-6-12(17)8-11(14)9-13(15(18)19)10-4-2-1-3-5-10/h1-9H,(H,18,19). The summed E-state index contributed by atoms with van der Waals surface area (Å²) in [4.78, 5) is 11.4. The lowest BCUT2D eigenvalue weighted by atomic mass is 10.0. The highest BCUT2D eigenvalue weighted by Crippen LogP contribution is 2.26. The Kier molecular flexibility index (Phi) is 4.40. The molecule has 0 aliphatic rings. The van der Waals surface area contributed by atoms with Crippen LogP contribution in [0.3, 0.4) is 0 Å². The van der Waals surface area contributed by atoms with Crippen LogP contribution < -0.4 is 0 Å². The van der Waals surface area contributed by atoms with Crippen LogP contribution in [-0.2, 0) is 4.79 Å². The third-order valence-electron chi connectivity index (χ3n) is 2.57. The third kappa shape index (κ3) is 3.46. The van der Waals surface area contributed by atoms with Gasteiger partial charge >= 0.3 is 5.97 Å². The largest absolute Gasteiger partial charge is 0.478 e. The fraction of sp³-hybridized carbons (Fsp3) is 0.